The third-order valence-electron chi connectivity index (χ3n) is 1.91. The number of halogens is 1. The van der Waals surface area contributed by atoms with Crippen LogP contribution in [0, 0.1) is 6.92 Å². The molecule has 0 fully saturated rings. The van der Waals surface area contributed by atoms with Crippen molar-refractivity contribution in [2.24, 2.45) is 0 Å². The average molecular weight is 202 g/mol. The summed E-state index contributed by atoms with van der Waals surface area (Å²) in [6.45, 7) is 2.95. The maximum Gasteiger partial charge on any atom is 0.0606 e. The molecule has 0 aromatic heterocycles. The van der Waals surface area contributed by atoms with Crippen LogP contribution in [0.25, 0.3) is 0 Å². The number of aliphatic hydroxyl groups is 1. The second-order valence-corrected chi connectivity index (χ2v) is 2.98. The summed E-state index contributed by atoms with van der Waals surface area (Å²) >= 11 is 0. The number of hydrogen-bond acceptors (Lipinski definition) is 2. The maximum atomic E-state index is 8.71. The molecule has 0 aliphatic carbocycles. The molecule has 2 nitrogen and oxygen atoms in total. The van der Waals surface area contributed by atoms with E-state index in [0.29, 0.717) is 6.54 Å². The van der Waals surface area contributed by atoms with E-state index in [4.69, 9.17) is 5.11 Å². The lowest BCUT2D eigenvalue weighted by Gasteiger charge is -2.17. The Labute approximate surface area is 85.6 Å². The first-order valence-corrected chi connectivity index (χ1v) is 4.12. The topological polar surface area (TPSA) is 23.5 Å². The predicted octanol–water partition coefficient (Wildman–Crippen LogP) is 1.85. The molecule has 0 atom stereocenters. The van der Waals surface area contributed by atoms with Crippen molar-refractivity contribution in [2.75, 3.05) is 25.1 Å². The second-order valence-electron chi connectivity index (χ2n) is 2.98. The van der Waals surface area contributed by atoms with Gasteiger partial charge in [0.05, 0.1) is 6.61 Å². The minimum atomic E-state index is 0. The molecule has 0 amide bonds. The summed E-state index contributed by atoms with van der Waals surface area (Å²) in [7, 11) is 1.97. The molecule has 0 radical (unpaired) electrons. The Morgan fingerprint density at radius 3 is 2.23 bits per heavy atom. The van der Waals surface area contributed by atoms with E-state index in [1.807, 2.05) is 11.9 Å². The van der Waals surface area contributed by atoms with Crippen LogP contribution in [0.5, 0.6) is 0 Å². The lowest BCUT2D eigenvalue weighted by atomic mass is 10.2. The number of hydrogen-bond donors (Lipinski definition) is 1. The molecule has 0 saturated heterocycles. The summed E-state index contributed by atoms with van der Waals surface area (Å²) in [4.78, 5) is 2.03. The highest BCUT2D eigenvalue weighted by molar-refractivity contribution is 5.85. The molecule has 1 aromatic carbocycles. The largest absolute Gasteiger partial charge is 0.395 e. The molecule has 0 bridgehead atoms. The molecule has 0 spiro atoms. The molecule has 74 valence electrons. The first-order valence-electron chi connectivity index (χ1n) is 4.12. The normalized spacial score (nSPS) is 9.15. The molecule has 0 unspecified atom stereocenters. The van der Waals surface area contributed by atoms with Gasteiger partial charge in [0.2, 0.25) is 0 Å². The van der Waals surface area contributed by atoms with Crippen molar-refractivity contribution < 1.29 is 5.11 Å². The van der Waals surface area contributed by atoms with Gasteiger partial charge in [-0.2, -0.15) is 0 Å². The molecule has 3 heteroatoms. The summed E-state index contributed by atoms with van der Waals surface area (Å²) in [5.41, 5.74) is 2.41. The first-order chi connectivity index (χ1) is 5.74. The van der Waals surface area contributed by atoms with Gasteiger partial charge in [-0.05, 0) is 19.1 Å². The SMILES string of the molecule is Cc1ccc(N(C)CCO)cc1.Cl. The Morgan fingerprint density at radius 2 is 1.77 bits per heavy atom. The number of nitrogens with zero attached hydrogens (tertiary/aromatic N) is 1. The van der Waals surface area contributed by atoms with Gasteiger partial charge >= 0.3 is 0 Å². The number of aliphatic hydroxyl groups excluding tert-OH is 1. The van der Waals surface area contributed by atoms with E-state index in [1.54, 1.807) is 0 Å². The Kier molecular flexibility index (Phi) is 5.51. The van der Waals surface area contributed by atoms with Crippen molar-refractivity contribution in [3.8, 4) is 0 Å². The van der Waals surface area contributed by atoms with E-state index in [-0.39, 0.29) is 19.0 Å². The smallest absolute Gasteiger partial charge is 0.0606 e. The van der Waals surface area contributed by atoms with Crippen molar-refractivity contribution in [1.82, 2.24) is 0 Å². The average Bonchev–Trinajstić information content (AvgIpc) is 2.06. The number of rotatable bonds is 3. The fourth-order valence-electron chi connectivity index (χ4n) is 1.08. The van der Waals surface area contributed by atoms with E-state index >= 15 is 0 Å². The second kappa shape index (κ2) is 5.84. The molecular formula is C10H16ClNO. The maximum absolute atomic E-state index is 8.71. The van der Waals surface area contributed by atoms with Crippen molar-refractivity contribution in [2.45, 2.75) is 6.92 Å². The van der Waals surface area contributed by atoms with E-state index in [1.165, 1.54) is 5.56 Å². The van der Waals surface area contributed by atoms with Gasteiger partial charge in [0.1, 0.15) is 0 Å². The van der Waals surface area contributed by atoms with E-state index in [9.17, 15) is 0 Å². The molecule has 0 aliphatic heterocycles. The zero-order chi connectivity index (χ0) is 8.97. The third kappa shape index (κ3) is 3.66. The summed E-state index contributed by atoms with van der Waals surface area (Å²) in [6, 6.07) is 8.27. The lowest BCUT2D eigenvalue weighted by molar-refractivity contribution is 0.304. The Balaban J connectivity index is 0.00000144. The van der Waals surface area contributed by atoms with Crippen molar-refractivity contribution in [3.05, 3.63) is 29.8 Å². The Hall–Kier alpha value is -0.730. The molecule has 0 aliphatic rings. The van der Waals surface area contributed by atoms with Crippen LogP contribution in [0.4, 0.5) is 5.69 Å². The highest BCUT2D eigenvalue weighted by Crippen LogP contribution is 2.12. The van der Waals surface area contributed by atoms with Gasteiger partial charge in [-0.1, -0.05) is 17.7 Å². The highest BCUT2D eigenvalue weighted by atomic mass is 35.5. The lowest BCUT2D eigenvalue weighted by Crippen LogP contribution is -2.20. The summed E-state index contributed by atoms with van der Waals surface area (Å²) in [5.74, 6) is 0. The number of likely N-dealkylation sites (N-methyl/N-ethyl adjacent to an activating group) is 1. The van der Waals surface area contributed by atoms with E-state index in [0.717, 1.165) is 5.69 Å². The van der Waals surface area contributed by atoms with Crippen LogP contribution >= 0.6 is 12.4 Å². The molecule has 1 aromatic rings. The van der Waals surface area contributed by atoms with Gasteiger partial charge < -0.3 is 10.0 Å². The fraction of sp³-hybridized carbons (Fsp3) is 0.400. The molecule has 0 heterocycles. The minimum Gasteiger partial charge on any atom is -0.395 e. The molecule has 13 heavy (non-hydrogen) atoms. The summed E-state index contributed by atoms with van der Waals surface area (Å²) in [6.07, 6.45) is 0. The molecule has 1 N–H and O–H groups in total. The van der Waals surface area contributed by atoms with Gasteiger partial charge in [-0.15, -0.1) is 12.4 Å². The zero-order valence-corrected chi connectivity index (χ0v) is 8.84. The van der Waals surface area contributed by atoms with Crippen LogP contribution in [0.1, 0.15) is 5.56 Å². The monoisotopic (exact) mass is 201 g/mol. The van der Waals surface area contributed by atoms with Crippen LogP contribution in [-0.2, 0) is 0 Å². The number of aryl methyl sites for hydroxylation is 1. The van der Waals surface area contributed by atoms with Crippen molar-refractivity contribution in [3.63, 3.8) is 0 Å². The van der Waals surface area contributed by atoms with Crippen LogP contribution in [0.3, 0.4) is 0 Å². The number of anilines is 1. The molecule has 0 saturated carbocycles. The van der Waals surface area contributed by atoms with Gasteiger partial charge in [-0.3, -0.25) is 0 Å². The zero-order valence-electron chi connectivity index (χ0n) is 8.03. The van der Waals surface area contributed by atoms with Gasteiger partial charge in [0.25, 0.3) is 0 Å². The van der Waals surface area contributed by atoms with E-state index in [2.05, 4.69) is 31.2 Å². The summed E-state index contributed by atoms with van der Waals surface area (Å²) < 4.78 is 0. The highest BCUT2D eigenvalue weighted by Gasteiger charge is 1.97. The van der Waals surface area contributed by atoms with Crippen LogP contribution in [0.15, 0.2) is 24.3 Å². The number of benzene rings is 1. The predicted molar refractivity (Wildman–Crippen MR) is 58.8 cm³/mol. The standard InChI is InChI=1S/C10H15NO.ClH/c1-9-3-5-10(6-4-9)11(2)7-8-12;/h3-6,12H,7-8H2,1-2H3;1H. The summed E-state index contributed by atoms with van der Waals surface area (Å²) in [5, 5.41) is 8.71. The Morgan fingerprint density at radius 1 is 1.23 bits per heavy atom. The fourth-order valence-corrected chi connectivity index (χ4v) is 1.08. The van der Waals surface area contributed by atoms with Gasteiger partial charge in [0, 0.05) is 19.3 Å². The van der Waals surface area contributed by atoms with Crippen LogP contribution in [-0.4, -0.2) is 25.3 Å². The van der Waals surface area contributed by atoms with Crippen LogP contribution in [0.2, 0.25) is 0 Å². The van der Waals surface area contributed by atoms with Gasteiger partial charge in [-0.25, -0.2) is 0 Å². The molecule has 1 rings (SSSR count). The van der Waals surface area contributed by atoms with Gasteiger partial charge in [0.15, 0.2) is 0 Å². The minimum absolute atomic E-state index is 0. The van der Waals surface area contributed by atoms with E-state index < -0.39 is 0 Å². The molecular weight excluding hydrogens is 186 g/mol. The van der Waals surface area contributed by atoms with Crippen molar-refractivity contribution >= 4 is 18.1 Å². The van der Waals surface area contributed by atoms with Crippen molar-refractivity contribution in [1.29, 1.82) is 0 Å². The first kappa shape index (κ1) is 12.3. The Bertz CT molecular complexity index is 235. The van der Waals surface area contributed by atoms with Crippen LogP contribution < -0.4 is 4.90 Å². The quantitative estimate of drug-likeness (QED) is 0.807. The third-order valence-corrected chi connectivity index (χ3v) is 1.91.